The lowest BCUT2D eigenvalue weighted by molar-refractivity contribution is 0.0323. The number of halogens is 1. The molecule has 1 aliphatic rings. The number of sulfonamides is 1. The number of carbonyl (C=O) groups is 1. The first-order valence-electron chi connectivity index (χ1n) is 11.7. The van der Waals surface area contributed by atoms with Crippen LogP contribution in [0.15, 0.2) is 23.1 Å². The van der Waals surface area contributed by atoms with Gasteiger partial charge in [0.1, 0.15) is 5.82 Å². The molecule has 1 heterocycles. The zero-order valence-electron chi connectivity index (χ0n) is 19.7. The Morgan fingerprint density at radius 3 is 2.38 bits per heavy atom. The molecule has 0 saturated carbocycles. The molecule has 0 spiro atoms. The van der Waals surface area contributed by atoms with Crippen LogP contribution in [0.25, 0.3) is 0 Å². The smallest absolute Gasteiger partial charge is 0.256 e. The molecule has 0 N–H and O–H groups in total. The van der Waals surface area contributed by atoms with E-state index in [0.29, 0.717) is 45.9 Å². The third kappa shape index (κ3) is 7.23. The van der Waals surface area contributed by atoms with E-state index in [0.717, 1.165) is 44.8 Å². The van der Waals surface area contributed by atoms with Crippen LogP contribution in [0.3, 0.4) is 0 Å². The van der Waals surface area contributed by atoms with E-state index >= 15 is 0 Å². The minimum Gasteiger partial charge on any atom is -0.379 e. The largest absolute Gasteiger partial charge is 0.379 e. The van der Waals surface area contributed by atoms with Gasteiger partial charge in [0.25, 0.3) is 5.91 Å². The monoisotopic (exact) mass is 471 g/mol. The molecular formula is C23H38FN3O4S. The van der Waals surface area contributed by atoms with Gasteiger partial charge >= 0.3 is 0 Å². The second-order valence-electron chi connectivity index (χ2n) is 8.04. The summed E-state index contributed by atoms with van der Waals surface area (Å²) in [5.41, 5.74) is -0.185. The van der Waals surface area contributed by atoms with E-state index in [2.05, 4.69) is 11.8 Å². The van der Waals surface area contributed by atoms with Crippen LogP contribution in [0.1, 0.15) is 56.8 Å². The lowest BCUT2D eigenvalue weighted by Crippen LogP contribution is -2.43. The van der Waals surface area contributed by atoms with E-state index in [9.17, 15) is 17.6 Å². The third-order valence-corrected chi connectivity index (χ3v) is 7.92. The highest BCUT2D eigenvalue weighted by Crippen LogP contribution is 2.21. The van der Waals surface area contributed by atoms with E-state index in [1.807, 2.05) is 0 Å². The van der Waals surface area contributed by atoms with Crippen molar-refractivity contribution < 1.29 is 22.3 Å². The molecule has 1 amide bonds. The van der Waals surface area contributed by atoms with Crippen molar-refractivity contribution in [1.29, 1.82) is 0 Å². The summed E-state index contributed by atoms with van der Waals surface area (Å²) in [6.07, 6.45) is 4.00. The van der Waals surface area contributed by atoms with Gasteiger partial charge in [-0.3, -0.25) is 9.69 Å². The zero-order valence-corrected chi connectivity index (χ0v) is 20.5. The fraction of sp³-hybridized carbons (Fsp3) is 0.696. The first-order valence-corrected chi connectivity index (χ1v) is 13.2. The predicted octanol–water partition coefficient (Wildman–Crippen LogP) is 3.21. The molecule has 1 aromatic rings. The fourth-order valence-electron chi connectivity index (χ4n) is 3.84. The van der Waals surface area contributed by atoms with Gasteiger partial charge < -0.3 is 9.64 Å². The maximum atomic E-state index is 14.7. The van der Waals surface area contributed by atoms with Crippen LogP contribution in [-0.2, 0) is 14.8 Å². The minimum atomic E-state index is -3.78. The quantitative estimate of drug-likeness (QED) is 0.413. The highest BCUT2D eigenvalue weighted by molar-refractivity contribution is 7.89. The summed E-state index contributed by atoms with van der Waals surface area (Å²) in [5, 5.41) is 0. The molecular weight excluding hydrogens is 433 g/mol. The molecule has 32 heavy (non-hydrogen) atoms. The summed E-state index contributed by atoms with van der Waals surface area (Å²) >= 11 is 0. The summed E-state index contributed by atoms with van der Waals surface area (Å²) in [6, 6.07) is 3.51. The number of unbranched alkanes of at least 4 members (excludes halogenated alkanes) is 3. The molecule has 7 nitrogen and oxygen atoms in total. The fourth-order valence-corrected chi connectivity index (χ4v) is 5.33. The SMILES string of the molecule is CCCCCCN(CCN1CCOCC1)C(=O)c1cc(S(=O)(=O)N(CC)CC)ccc1F. The summed E-state index contributed by atoms with van der Waals surface area (Å²) < 4.78 is 47.1. The van der Waals surface area contributed by atoms with Crippen LogP contribution in [0, 0.1) is 5.82 Å². The van der Waals surface area contributed by atoms with Crippen LogP contribution >= 0.6 is 0 Å². The molecule has 1 aliphatic heterocycles. The molecule has 0 aromatic heterocycles. The molecule has 1 fully saturated rings. The van der Waals surface area contributed by atoms with Crippen LogP contribution in [0.4, 0.5) is 4.39 Å². The Labute approximate surface area is 192 Å². The lowest BCUT2D eigenvalue weighted by atomic mass is 10.1. The Morgan fingerprint density at radius 1 is 1.06 bits per heavy atom. The van der Waals surface area contributed by atoms with Gasteiger partial charge in [-0.15, -0.1) is 0 Å². The van der Waals surface area contributed by atoms with Crippen LogP contribution in [0.5, 0.6) is 0 Å². The zero-order chi connectivity index (χ0) is 23.6. The molecule has 0 unspecified atom stereocenters. The number of ether oxygens (including phenoxy) is 1. The Bertz CT molecular complexity index is 825. The van der Waals surface area contributed by atoms with Crippen LogP contribution in [-0.4, -0.2) is 87.5 Å². The van der Waals surface area contributed by atoms with E-state index < -0.39 is 21.7 Å². The number of nitrogens with zero attached hydrogens (tertiary/aromatic N) is 3. The summed E-state index contributed by atoms with van der Waals surface area (Å²) in [4.78, 5) is 17.2. The summed E-state index contributed by atoms with van der Waals surface area (Å²) in [7, 11) is -3.78. The maximum absolute atomic E-state index is 14.7. The molecule has 1 aromatic carbocycles. The highest BCUT2D eigenvalue weighted by Gasteiger charge is 2.26. The van der Waals surface area contributed by atoms with Gasteiger partial charge in [-0.25, -0.2) is 12.8 Å². The van der Waals surface area contributed by atoms with Crippen molar-refractivity contribution >= 4 is 15.9 Å². The molecule has 0 atom stereocenters. The Balaban J connectivity index is 2.23. The second kappa shape index (κ2) is 13.2. The van der Waals surface area contributed by atoms with Gasteiger partial charge in [0.05, 0.1) is 23.7 Å². The first-order chi connectivity index (χ1) is 15.3. The molecule has 9 heteroatoms. The number of rotatable bonds is 13. The number of hydrogen-bond donors (Lipinski definition) is 0. The van der Waals surface area contributed by atoms with E-state index in [1.54, 1.807) is 18.7 Å². The van der Waals surface area contributed by atoms with E-state index in [-0.39, 0.29) is 10.5 Å². The van der Waals surface area contributed by atoms with Crippen molar-refractivity contribution in [2.24, 2.45) is 0 Å². The van der Waals surface area contributed by atoms with Crippen molar-refractivity contribution in [3.63, 3.8) is 0 Å². The van der Waals surface area contributed by atoms with Crippen LogP contribution in [0.2, 0.25) is 0 Å². The number of benzene rings is 1. The normalized spacial score (nSPS) is 15.3. The lowest BCUT2D eigenvalue weighted by Gasteiger charge is -2.30. The summed E-state index contributed by atoms with van der Waals surface area (Å²) in [6.45, 7) is 10.9. The average molecular weight is 472 g/mol. The number of morpholine rings is 1. The van der Waals surface area contributed by atoms with Crippen molar-refractivity contribution in [2.45, 2.75) is 51.3 Å². The van der Waals surface area contributed by atoms with Gasteiger partial charge in [0.2, 0.25) is 10.0 Å². The van der Waals surface area contributed by atoms with Crippen molar-refractivity contribution in [3.05, 3.63) is 29.6 Å². The predicted molar refractivity (Wildman–Crippen MR) is 124 cm³/mol. The number of carbonyl (C=O) groups excluding carboxylic acids is 1. The van der Waals surface area contributed by atoms with Gasteiger partial charge in [-0.05, 0) is 24.6 Å². The van der Waals surface area contributed by atoms with Crippen molar-refractivity contribution in [2.75, 3.05) is 59.0 Å². The number of hydrogen-bond acceptors (Lipinski definition) is 5. The first kappa shape index (κ1) is 26.7. The van der Waals surface area contributed by atoms with Gasteiger partial charge in [-0.1, -0.05) is 40.0 Å². The standard InChI is InChI=1S/C23H38FN3O4S/c1-4-7-8-9-12-26(14-13-25-15-17-31-18-16-25)23(28)21-19-20(10-11-22(21)24)32(29,30)27(5-2)6-3/h10-11,19H,4-9,12-18H2,1-3H3. The number of amides is 1. The molecule has 182 valence electrons. The Morgan fingerprint density at radius 2 is 1.75 bits per heavy atom. The second-order valence-corrected chi connectivity index (χ2v) is 9.98. The summed E-state index contributed by atoms with van der Waals surface area (Å²) in [5.74, 6) is -1.15. The van der Waals surface area contributed by atoms with E-state index in [1.165, 1.54) is 16.4 Å². The minimum absolute atomic E-state index is 0.0509. The van der Waals surface area contributed by atoms with Crippen molar-refractivity contribution in [3.8, 4) is 0 Å². The van der Waals surface area contributed by atoms with Gasteiger partial charge in [0, 0.05) is 45.8 Å². The third-order valence-electron chi connectivity index (χ3n) is 5.87. The van der Waals surface area contributed by atoms with Gasteiger partial charge in [0.15, 0.2) is 0 Å². The molecule has 0 aliphatic carbocycles. The molecule has 0 bridgehead atoms. The Hall–Kier alpha value is -1.55. The molecule has 2 rings (SSSR count). The Kier molecular flexibility index (Phi) is 11.0. The highest BCUT2D eigenvalue weighted by atomic mass is 32.2. The van der Waals surface area contributed by atoms with Gasteiger partial charge in [-0.2, -0.15) is 4.31 Å². The topological polar surface area (TPSA) is 70.2 Å². The van der Waals surface area contributed by atoms with E-state index in [4.69, 9.17) is 4.74 Å². The average Bonchev–Trinajstić information content (AvgIpc) is 2.79. The van der Waals surface area contributed by atoms with Crippen molar-refractivity contribution in [1.82, 2.24) is 14.1 Å². The van der Waals surface area contributed by atoms with Crippen LogP contribution < -0.4 is 0 Å². The molecule has 1 saturated heterocycles. The maximum Gasteiger partial charge on any atom is 0.256 e. The molecule has 0 radical (unpaired) electrons.